The van der Waals surface area contributed by atoms with E-state index in [9.17, 15) is 13.6 Å². The van der Waals surface area contributed by atoms with Crippen LogP contribution >= 0.6 is 15.9 Å². The van der Waals surface area contributed by atoms with E-state index >= 15 is 0 Å². The first kappa shape index (κ1) is 15.4. The molecule has 21 heavy (non-hydrogen) atoms. The summed E-state index contributed by atoms with van der Waals surface area (Å²) in [5.41, 5.74) is -0.842. The molecule has 0 atom stereocenters. The Labute approximate surface area is 127 Å². The number of carbonyl (C=O) groups is 1. The second-order valence-corrected chi connectivity index (χ2v) is 5.21. The summed E-state index contributed by atoms with van der Waals surface area (Å²) in [4.78, 5) is 14.5. The number of carboxylic acid groups (broad SMARTS) is 1. The van der Waals surface area contributed by atoms with E-state index in [1.54, 1.807) is 24.3 Å². The zero-order chi connectivity index (χ0) is 15.6. The number of halogens is 3. The van der Waals surface area contributed by atoms with Gasteiger partial charge in [-0.1, -0.05) is 15.9 Å². The van der Waals surface area contributed by atoms with E-state index < -0.39 is 23.3 Å². The van der Waals surface area contributed by atoms with E-state index in [0.717, 1.165) is 16.6 Å². The Bertz CT molecular complexity index is 669. The standard InChI is InChI=1S/C14H10BrF2NO3/c1-14(16,17)10-6-7-11(13(19)20)18-12(10)21-9-4-2-8(15)3-5-9/h2-7H,1H3,(H,19,20). The second kappa shape index (κ2) is 5.77. The summed E-state index contributed by atoms with van der Waals surface area (Å²) in [5.74, 6) is -4.67. The van der Waals surface area contributed by atoms with E-state index in [4.69, 9.17) is 9.84 Å². The fourth-order valence-electron chi connectivity index (χ4n) is 1.59. The maximum atomic E-state index is 13.5. The minimum Gasteiger partial charge on any atom is -0.477 e. The maximum Gasteiger partial charge on any atom is 0.354 e. The van der Waals surface area contributed by atoms with Crippen LogP contribution in [0.3, 0.4) is 0 Å². The molecule has 2 aromatic rings. The van der Waals surface area contributed by atoms with Gasteiger partial charge in [0.25, 0.3) is 5.92 Å². The third-order valence-corrected chi connectivity index (χ3v) is 3.11. The highest BCUT2D eigenvalue weighted by molar-refractivity contribution is 9.10. The van der Waals surface area contributed by atoms with Crippen molar-refractivity contribution in [2.24, 2.45) is 0 Å². The second-order valence-electron chi connectivity index (χ2n) is 4.30. The molecule has 4 nitrogen and oxygen atoms in total. The maximum absolute atomic E-state index is 13.5. The molecular weight excluding hydrogens is 348 g/mol. The van der Waals surface area contributed by atoms with Crippen LogP contribution in [0.1, 0.15) is 23.0 Å². The van der Waals surface area contributed by atoms with Gasteiger partial charge in [-0.05, 0) is 36.4 Å². The van der Waals surface area contributed by atoms with Crippen molar-refractivity contribution >= 4 is 21.9 Å². The number of hydrogen-bond acceptors (Lipinski definition) is 3. The molecule has 0 amide bonds. The largest absolute Gasteiger partial charge is 0.477 e. The number of aromatic carboxylic acids is 1. The molecule has 0 saturated heterocycles. The summed E-state index contributed by atoms with van der Waals surface area (Å²) in [5, 5.41) is 8.89. The zero-order valence-electron chi connectivity index (χ0n) is 10.8. The number of nitrogens with zero attached hydrogens (tertiary/aromatic N) is 1. The minimum atomic E-state index is -3.20. The van der Waals surface area contributed by atoms with Crippen molar-refractivity contribution in [1.82, 2.24) is 4.98 Å². The highest BCUT2D eigenvalue weighted by atomic mass is 79.9. The summed E-state index contributed by atoms with van der Waals surface area (Å²) in [6.45, 7) is 0.693. The molecule has 1 N–H and O–H groups in total. The van der Waals surface area contributed by atoms with Crippen LogP contribution in [0, 0.1) is 0 Å². The molecule has 1 heterocycles. The molecule has 0 spiro atoms. The van der Waals surface area contributed by atoms with E-state index in [0.29, 0.717) is 6.92 Å². The van der Waals surface area contributed by atoms with Gasteiger partial charge in [0.2, 0.25) is 5.88 Å². The predicted molar refractivity (Wildman–Crippen MR) is 75.0 cm³/mol. The van der Waals surface area contributed by atoms with Crippen molar-refractivity contribution in [1.29, 1.82) is 0 Å². The van der Waals surface area contributed by atoms with Gasteiger partial charge in [-0.25, -0.2) is 18.6 Å². The molecule has 0 unspecified atom stereocenters. The third kappa shape index (κ3) is 3.75. The lowest BCUT2D eigenvalue weighted by molar-refractivity contribution is 0.0148. The Morgan fingerprint density at radius 1 is 1.24 bits per heavy atom. The van der Waals surface area contributed by atoms with Gasteiger partial charge in [0, 0.05) is 11.4 Å². The monoisotopic (exact) mass is 357 g/mol. The molecule has 0 aliphatic rings. The average Bonchev–Trinajstić information content (AvgIpc) is 2.40. The van der Waals surface area contributed by atoms with Gasteiger partial charge in [0.05, 0.1) is 5.56 Å². The molecule has 7 heteroatoms. The molecular formula is C14H10BrF2NO3. The van der Waals surface area contributed by atoms with Crippen LogP contribution in [0.2, 0.25) is 0 Å². The lowest BCUT2D eigenvalue weighted by Crippen LogP contribution is -2.12. The predicted octanol–water partition coefficient (Wildman–Crippen LogP) is 4.45. The summed E-state index contributed by atoms with van der Waals surface area (Å²) in [7, 11) is 0. The topological polar surface area (TPSA) is 59.4 Å². The summed E-state index contributed by atoms with van der Waals surface area (Å²) < 4.78 is 33.2. The molecule has 110 valence electrons. The number of ether oxygens (including phenoxy) is 1. The van der Waals surface area contributed by atoms with Gasteiger partial charge in [-0.2, -0.15) is 0 Å². The first-order valence-corrected chi connectivity index (χ1v) is 6.63. The van der Waals surface area contributed by atoms with Crippen LogP contribution in [0.5, 0.6) is 11.6 Å². The molecule has 0 saturated carbocycles. The molecule has 0 aliphatic heterocycles. The Hall–Kier alpha value is -2.02. The van der Waals surface area contributed by atoms with Gasteiger partial charge in [-0.3, -0.25) is 0 Å². The fourth-order valence-corrected chi connectivity index (χ4v) is 1.85. The molecule has 0 bridgehead atoms. The first-order valence-electron chi connectivity index (χ1n) is 5.83. The number of carboxylic acids is 1. The lowest BCUT2D eigenvalue weighted by Gasteiger charge is -2.15. The van der Waals surface area contributed by atoms with Crippen molar-refractivity contribution < 1.29 is 23.4 Å². The Balaban J connectivity index is 2.45. The Morgan fingerprint density at radius 2 is 1.86 bits per heavy atom. The number of alkyl halides is 2. The molecule has 1 aromatic heterocycles. The minimum absolute atomic E-state index is 0.277. The van der Waals surface area contributed by atoms with Crippen LogP contribution < -0.4 is 4.74 Å². The highest BCUT2D eigenvalue weighted by Crippen LogP contribution is 2.35. The Kier molecular flexibility index (Phi) is 4.22. The van der Waals surface area contributed by atoms with E-state index in [-0.39, 0.29) is 11.4 Å². The van der Waals surface area contributed by atoms with Crippen LogP contribution in [0.25, 0.3) is 0 Å². The van der Waals surface area contributed by atoms with Crippen LogP contribution in [0.4, 0.5) is 8.78 Å². The van der Waals surface area contributed by atoms with Crippen LogP contribution in [-0.2, 0) is 5.92 Å². The van der Waals surface area contributed by atoms with E-state index in [2.05, 4.69) is 20.9 Å². The van der Waals surface area contributed by atoms with Crippen molar-refractivity contribution in [3.63, 3.8) is 0 Å². The van der Waals surface area contributed by atoms with Gasteiger partial charge in [0.1, 0.15) is 5.75 Å². The SMILES string of the molecule is CC(F)(F)c1ccc(C(=O)O)nc1Oc1ccc(Br)cc1. The quantitative estimate of drug-likeness (QED) is 0.878. The number of rotatable bonds is 4. The highest BCUT2D eigenvalue weighted by Gasteiger charge is 2.30. The Morgan fingerprint density at radius 3 is 2.38 bits per heavy atom. The molecule has 0 radical (unpaired) electrons. The fraction of sp³-hybridized carbons (Fsp3) is 0.143. The zero-order valence-corrected chi connectivity index (χ0v) is 12.4. The average molecular weight is 358 g/mol. The summed E-state index contributed by atoms with van der Waals surface area (Å²) in [6, 6.07) is 8.46. The van der Waals surface area contributed by atoms with E-state index in [1.807, 2.05) is 0 Å². The molecule has 0 fully saturated rings. The number of hydrogen-bond donors (Lipinski definition) is 1. The van der Waals surface area contributed by atoms with Gasteiger partial charge in [0.15, 0.2) is 5.69 Å². The molecule has 0 aliphatic carbocycles. The lowest BCUT2D eigenvalue weighted by atomic mass is 10.1. The first-order chi connectivity index (χ1) is 9.77. The summed E-state index contributed by atoms with van der Waals surface area (Å²) >= 11 is 3.24. The van der Waals surface area contributed by atoms with E-state index in [1.165, 1.54) is 0 Å². The van der Waals surface area contributed by atoms with Crippen molar-refractivity contribution in [2.45, 2.75) is 12.8 Å². The molecule has 1 aromatic carbocycles. The van der Waals surface area contributed by atoms with Crippen molar-refractivity contribution in [3.8, 4) is 11.6 Å². The van der Waals surface area contributed by atoms with Crippen molar-refractivity contribution in [2.75, 3.05) is 0 Å². The van der Waals surface area contributed by atoms with Gasteiger partial charge in [-0.15, -0.1) is 0 Å². The number of pyridine rings is 1. The normalized spacial score (nSPS) is 11.2. The third-order valence-electron chi connectivity index (χ3n) is 2.58. The van der Waals surface area contributed by atoms with Gasteiger partial charge >= 0.3 is 5.97 Å². The van der Waals surface area contributed by atoms with Gasteiger partial charge < -0.3 is 9.84 Å². The number of aromatic nitrogens is 1. The van der Waals surface area contributed by atoms with Crippen LogP contribution in [0.15, 0.2) is 40.9 Å². The smallest absolute Gasteiger partial charge is 0.354 e. The summed E-state index contributed by atoms with van der Waals surface area (Å²) in [6.07, 6.45) is 0. The van der Waals surface area contributed by atoms with Crippen molar-refractivity contribution in [3.05, 3.63) is 52.1 Å². The molecule has 2 rings (SSSR count). The number of benzene rings is 1. The van der Waals surface area contributed by atoms with Crippen LogP contribution in [-0.4, -0.2) is 16.1 Å².